The monoisotopic (exact) mass is 463 g/mol. The van der Waals surface area contributed by atoms with Crippen LogP contribution in [0.25, 0.3) is 6.08 Å². The highest BCUT2D eigenvalue weighted by atomic mass is 35.5. The summed E-state index contributed by atoms with van der Waals surface area (Å²) in [5.41, 5.74) is 0.601. The van der Waals surface area contributed by atoms with Crippen LogP contribution in [0.4, 0.5) is 0 Å². The number of carbonyl (C=O) groups excluding carboxylic acids is 1. The van der Waals surface area contributed by atoms with Crippen LogP contribution in [-0.2, 0) is 14.8 Å². The zero-order valence-electron chi connectivity index (χ0n) is 12.6. The number of thiocarbonyl (C=S) groups is 1. The van der Waals surface area contributed by atoms with E-state index in [0.717, 1.165) is 11.8 Å². The van der Waals surface area contributed by atoms with E-state index in [4.69, 9.17) is 47.0 Å². The molecule has 1 fully saturated rings. The Kier molecular flexibility index (Phi) is 5.67. The summed E-state index contributed by atoms with van der Waals surface area (Å²) >= 11 is 23.6. The topological polar surface area (TPSA) is 54.5 Å². The lowest BCUT2D eigenvalue weighted by Gasteiger charge is -2.14. The van der Waals surface area contributed by atoms with Crippen molar-refractivity contribution in [1.29, 1.82) is 0 Å². The van der Waals surface area contributed by atoms with E-state index in [9.17, 15) is 13.2 Å². The van der Waals surface area contributed by atoms with E-state index in [0.29, 0.717) is 24.9 Å². The Morgan fingerprint density at radius 2 is 1.65 bits per heavy atom. The van der Waals surface area contributed by atoms with E-state index >= 15 is 0 Å². The summed E-state index contributed by atoms with van der Waals surface area (Å²) in [6.07, 6.45) is 1.51. The van der Waals surface area contributed by atoms with Crippen LogP contribution in [0.15, 0.2) is 52.3 Å². The number of rotatable bonds is 3. The van der Waals surface area contributed by atoms with Gasteiger partial charge in [-0.25, -0.2) is 8.42 Å². The predicted molar refractivity (Wildman–Crippen MR) is 110 cm³/mol. The number of halogens is 3. The Morgan fingerprint density at radius 1 is 1.00 bits per heavy atom. The molecule has 0 N–H and O–H groups in total. The summed E-state index contributed by atoms with van der Waals surface area (Å²) in [5, 5.41) is 1.08. The molecule has 0 saturated carbocycles. The second kappa shape index (κ2) is 7.50. The summed E-state index contributed by atoms with van der Waals surface area (Å²) < 4.78 is 26.1. The van der Waals surface area contributed by atoms with Crippen LogP contribution in [0.5, 0.6) is 0 Å². The lowest BCUT2D eigenvalue weighted by atomic mass is 10.2. The molecule has 1 amide bonds. The van der Waals surface area contributed by atoms with Crippen molar-refractivity contribution < 1.29 is 13.2 Å². The Bertz CT molecular complexity index is 1050. The van der Waals surface area contributed by atoms with Gasteiger partial charge in [0.05, 0.1) is 19.8 Å². The Hall–Kier alpha value is -1.09. The number of hydrogen-bond donors (Lipinski definition) is 0. The van der Waals surface area contributed by atoms with Crippen molar-refractivity contribution in [3.05, 3.63) is 68.0 Å². The molecule has 0 spiro atoms. The largest absolute Gasteiger partial charge is 0.280 e. The first-order valence-corrected chi connectivity index (χ1v) is 10.7. The second-order valence-corrected chi connectivity index (χ2v) is 9.79. The molecule has 0 radical (unpaired) electrons. The van der Waals surface area contributed by atoms with E-state index < -0.39 is 15.9 Å². The fraction of sp³-hybridized carbons (Fsp3) is 0. The third-order valence-corrected chi connectivity index (χ3v) is 7.57. The fourth-order valence-corrected chi connectivity index (χ4v) is 5.60. The molecule has 4 nitrogen and oxygen atoms in total. The lowest BCUT2D eigenvalue weighted by Crippen LogP contribution is -2.34. The van der Waals surface area contributed by atoms with E-state index in [2.05, 4.69) is 0 Å². The van der Waals surface area contributed by atoms with Gasteiger partial charge in [-0.05, 0) is 48.0 Å². The molecule has 134 valence electrons. The summed E-state index contributed by atoms with van der Waals surface area (Å²) in [6, 6.07) is 10.3. The third kappa shape index (κ3) is 3.78. The predicted octanol–water partition coefficient (Wildman–Crippen LogP) is 5.24. The van der Waals surface area contributed by atoms with Crippen LogP contribution in [0.3, 0.4) is 0 Å². The highest BCUT2D eigenvalue weighted by molar-refractivity contribution is 8.28. The van der Waals surface area contributed by atoms with Gasteiger partial charge in [0, 0.05) is 5.02 Å². The highest BCUT2D eigenvalue weighted by Crippen LogP contribution is 2.37. The van der Waals surface area contributed by atoms with Crippen LogP contribution in [-0.4, -0.2) is 23.0 Å². The van der Waals surface area contributed by atoms with Crippen LogP contribution < -0.4 is 0 Å². The minimum atomic E-state index is -4.12. The Balaban J connectivity index is 1.97. The van der Waals surface area contributed by atoms with Crippen LogP contribution >= 0.6 is 58.8 Å². The molecular formula is C16H8Cl3NO3S3. The molecule has 1 saturated heterocycles. The molecule has 1 aliphatic heterocycles. The maximum Gasteiger partial charge on any atom is 0.280 e. The standard InChI is InChI=1S/C16H8Cl3NO3S3/c17-10-2-4-11(5-3-10)26(22,23)20-15(21)14(25-16(20)24)8-9-1-6-12(18)13(19)7-9/h1-8H. The van der Waals surface area contributed by atoms with Gasteiger partial charge in [0.25, 0.3) is 15.9 Å². The van der Waals surface area contributed by atoms with Crippen molar-refractivity contribution in [2.24, 2.45) is 0 Å². The van der Waals surface area contributed by atoms with Crippen molar-refractivity contribution >= 4 is 85.1 Å². The zero-order chi connectivity index (χ0) is 19.1. The van der Waals surface area contributed by atoms with Crippen molar-refractivity contribution in [1.82, 2.24) is 4.31 Å². The second-order valence-electron chi connectivity index (χ2n) is 5.08. The average molecular weight is 465 g/mol. The number of amides is 1. The number of benzene rings is 2. The van der Waals surface area contributed by atoms with Gasteiger partial charge in [0.15, 0.2) is 4.32 Å². The molecule has 0 atom stereocenters. The smallest absolute Gasteiger partial charge is 0.267 e. The molecule has 0 bridgehead atoms. The maximum absolute atomic E-state index is 12.8. The van der Waals surface area contributed by atoms with Crippen molar-refractivity contribution in [3.8, 4) is 0 Å². The first-order valence-electron chi connectivity index (χ1n) is 6.94. The number of nitrogens with zero attached hydrogens (tertiary/aromatic N) is 1. The number of carbonyl (C=O) groups is 1. The molecule has 1 aliphatic rings. The van der Waals surface area contributed by atoms with E-state index in [1.54, 1.807) is 18.2 Å². The number of thioether (sulfide) groups is 1. The zero-order valence-corrected chi connectivity index (χ0v) is 17.4. The van der Waals surface area contributed by atoms with E-state index in [1.807, 2.05) is 0 Å². The first kappa shape index (κ1) is 19.7. The van der Waals surface area contributed by atoms with E-state index in [-0.39, 0.29) is 14.1 Å². The molecule has 0 unspecified atom stereocenters. The molecule has 2 aromatic rings. The minimum Gasteiger partial charge on any atom is -0.267 e. The molecule has 26 heavy (non-hydrogen) atoms. The van der Waals surface area contributed by atoms with Gasteiger partial charge in [0.1, 0.15) is 0 Å². The van der Waals surface area contributed by atoms with Crippen molar-refractivity contribution in [2.45, 2.75) is 4.90 Å². The molecule has 0 aromatic heterocycles. The normalized spacial score (nSPS) is 16.6. The van der Waals surface area contributed by atoms with Gasteiger partial charge in [-0.2, -0.15) is 4.31 Å². The quantitative estimate of drug-likeness (QED) is 0.459. The molecule has 2 aromatic carbocycles. The third-order valence-electron chi connectivity index (χ3n) is 3.35. The molecule has 3 rings (SSSR count). The lowest BCUT2D eigenvalue weighted by molar-refractivity contribution is -0.119. The number of hydrogen-bond acceptors (Lipinski definition) is 5. The Labute approximate surface area is 174 Å². The van der Waals surface area contributed by atoms with Gasteiger partial charge >= 0.3 is 0 Å². The summed E-state index contributed by atoms with van der Waals surface area (Å²) in [5.74, 6) is -0.721. The van der Waals surface area contributed by atoms with Gasteiger partial charge in [0.2, 0.25) is 0 Å². The minimum absolute atomic E-state index is 0.0729. The highest BCUT2D eigenvalue weighted by Gasteiger charge is 2.41. The fourth-order valence-electron chi connectivity index (χ4n) is 2.13. The van der Waals surface area contributed by atoms with Crippen LogP contribution in [0, 0.1) is 0 Å². The van der Waals surface area contributed by atoms with Crippen LogP contribution in [0.2, 0.25) is 15.1 Å². The molecular weight excluding hydrogens is 457 g/mol. The SMILES string of the molecule is O=C1C(=Cc2ccc(Cl)c(Cl)c2)SC(=S)N1S(=O)(=O)c1ccc(Cl)cc1. The molecule has 0 aliphatic carbocycles. The van der Waals surface area contributed by atoms with Crippen molar-refractivity contribution in [2.75, 3.05) is 0 Å². The van der Waals surface area contributed by atoms with Crippen LogP contribution in [0.1, 0.15) is 5.56 Å². The summed E-state index contributed by atoms with van der Waals surface area (Å²) in [7, 11) is -4.12. The summed E-state index contributed by atoms with van der Waals surface area (Å²) in [6.45, 7) is 0. The van der Waals surface area contributed by atoms with Gasteiger partial charge in [-0.15, -0.1) is 0 Å². The Morgan fingerprint density at radius 3 is 2.27 bits per heavy atom. The molecule has 10 heteroatoms. The average Bonchev–Trinajstić information content (AvgIpc) is 2.85. The van der Waals surface area contributed by atoms with Gasteiger partial charge in [-0.3, -0.25) is 4.79 Å². The van der Waals surface area contributed by atoms with Gasteiger partial charge in [-0.1, -0.05) is 64.8 Å². The maximum atomic E-state index is 12.8. The first-order chi connectivity index (χ1) is 12.2. The summed E-state index contributed by atoms with van der Waals surface area (Å²) in [4.78, 5) is 12.7. The van der Waals surface area contributed by atoms with Gasteiger partial charge < -0.3 is 0 Å². The number of sulfonamides is 1. The van der Waals surface area contributed by atoms with E-state index in [1.165, 1.54) is 30.3 Å². The molecule has 1 heterocycles. The van der Waals surface area contributed by atoms with Crippen molar-refractivity contribution in [3.63, 3.8) is 0 Å².